The van der Waals surface area contributed by atoms with E-state index in [0.717, 1.165) is 0 Å². The SMILES string of the molecule is CC(C)Oc1cccc(/C(O)=C2/C(=O)C(=O)N(Cc3ccccn3)C2c2ccc(Cl)cc2)c1. The van der Waals surface area contributed by atoms with Gasteiger partial charge in [0.15, 0.2) is 0 Å². The molecule has 2 aromatic carbocycles. The summed E-state index contributed by atoms with van der Waals surface area (Å²) < 4.78 is 5.72. The van der Waals surface area contributed by atoms with Crippen molar-refractivity contribution in [3.8, 4) is 5.75 Å². The fourth-order valence-electron chi connectivity index (χ4n) is 3.85. The van der Waals surface area contributed by atoms with Crippen LogP contribution in [0.4, 0.5) is 0 Å². The van der Waals surface area contributed by atoms with Crippen LogP contribution in [0, 0.1) is 0 Å². The molecule has 1 aliphatic heterocycles. The Labute approximate surface area is 197 Å². The largest absolute Gasteiger partial charge is 0.507 e. The molecule has 0 spiro atoms. The first-order chi connectivity index (χ1) is 15.8. The third kappa shape index (κ3) is 4.76. The molecule has 1 aromatic heterocycles. The maximum atomic E-state index is 13.1. The molecular weight excluding hydrogens is 440 g/mol. The molecule has 1 N–H and O–H groups in total. The minimum absolute atomic E-state index is 0.0138. The maximum absolute atomic E-state index is 13.1. The number of aromatic nitrogens is 1. The fraction of sp³-hybridized carbons (Fsp3) is 0.192. The van der Waals surface area contributed by atoms with Crippen LogP contribution >= 0.6 is 11.6 Å². The summed E-state index contributed by atoms with van der Waals surface area (Å²) in [6.45, 7) is 3.92. The lowest BCUT2D eigenvalue weighted by Crippen LogP contribution is -2.29. The number of likely N-dealkylation sites (tertiary alicyclic amines) is 1. The summed E-state index contributed by atoms with van der Waals surface area (Å²) in [7, 11) is 0. The molecule has 1 amide bonds. The standard InChI is InChI=1S/C26H23ClN2O4/c1-16(2)33-21-8-5-6-18(14-21)24(30)22-23(17-9-11-19(27)12-10-17)29(26(32)25(22)31)15-20-7-3-4-13-28-20/h3-14,16,23,30H,15H2,1-2H3/b24-22-. The topological polar surface area (TPSA) is 79.7 Å². The predicted molar refractivity (Wildman–Crippen MR) is 126 cm³/mol. The Morgan fingerprint density at radius 3 is 2.52 bits per heavy atom. The van der Waals surface area contributed by atoms with Gasteiger partial charge in [-0.05, 0) is 55.8 Å². The van der Waals surface area contributed by atoms with Crippen LogP contribution in [0.5, 0.6) is 5.75 Å². The zero-order valence-electron chi connectivity index (χ0n) is 18.2. The van der Waals surface area contributed by atoms with Crippen molar-refractivity contribution >= 4 is 29.1 Å². The van der Waals surface area contributed by atoms with Gasteiger partial charge in [0.05, 0.1) is 30.0 Å². The van der Waals surface area contributed by atoms with Crippen molar-refractivity contribution < 1.29 is 19.4 Å². The number of nitrogens with zero attached hydrogens (tertiary/aromatic N) is 2. The summed E-state index contributed by atoms with van der Waals surface area (Å²) >= 11 is 6.06. The number of halogens is 1. The van der Waals surface area contributed by atoms with Crippen molar-refractivity contribution in [1.29, 1.82) is 0 Å². The van der Waals surface area contributed by atoms with Gasteiger partial charge in [0.2, 0.25) is 0 Å². The van der Waals surface area contributed by atoms with Gasteiger partial charge in [0.25, 0.3) is 11.7 Å². The molecule has 1 aliphatic rings. The van der Waals surface area contributed by atoms with Crippen LogP contribution in [0.3, 0.4) is 0 Å². The van der Waals surface area contributed by atoms with Gasteiger partial charge in [-0.25, -0.2) is 0 Å². The van der Waals surface area contributed by atoms with Gasteiger partial charge in [-0.15, -0.1) is 0 Å². The molecule has 6 nitrogen and oxygen atoms in total. The fourth-order valence-corrected chi connectivity index (χ4v) is 3.97. The summed E-state index contributed by atoms with van der Waals surface area (Å²) in [6.07, 6.45) is 1.57. The van der Waals surface area contributed by atoms with Crippen LogP contribution in [0.2, 0.25) is 5.02 Å². The van der Waals surface area contributed by atoms with E-state index in [9.17, 15) is 14.7 Å². The van der Waals surface area contributed by atoms with E-state index in [-0.39, 0.29) is 24.0 Å². The molecule has 168 valence electrons. The number of carbonyl (C=O) groups is 2. The zero-order valence-corrected chi connectivity index (χ0v) is 19.0. The lowest BCUT2D eigenvalue weighted by atomic mass is 9.95. The van der Waals surface area contributed by atoms with Gasteiger partial charge in [-0.3, -0.25) is 14.6 Å². The second kappa shape index (κ2) is 9.46. The van der Waals surface area contributed by atoms with E-state index in [1.165, 1.54) is 4.90 Å². The number of carbonyl (C=O) groups excluding carboxylic acids is 2. The molecule has 1 unspecified atom stereocenters. The zero-order chi connectivity index (χ0) is 23.5. The van der Waals surface area contributed by atoms with Crippen LogP contribution in [0.15, 0.2) is 78.5 Å². The Hall–Kier alpha value is -3.64. The highest BCUT2D eigenvalue weighted by Gasteiger charge is 2.46. The summed E-state index contributed by atoms with van der Waals surface area (Å²) in [5.74, 6) is -1.15. The number of pyridine rings is 1. The van der Waals surface area contributed by atoms with E-state index in [4.69, 9.17) is 16.3 Å². The molecule has 4 rings (SSSR count). The van der Waals surface area contributed by atoms with Crippen molar-refractivity contribution in [2.24, 2.45) is 0 Å². The third-order valence-electron chi connectivity index (χ3n) is 5.26. The number of aliphatic hydroxyl groups is 1. The average Bonchev–Trinajstić information content (AvgIpc) is 3.04. The van der Waals surface area contributed by atoms with E-state index < -0.39 is 17.7 Å². The Morgan fingerprint density at radius 2 is 1.85 bits per heavy atom. The molecule has 0 radical (unpaired) electrons. The minimum atomic E-state index is -0.793. The molecule has 2 heterocycles. The number of Topliss-reactive ketones (excluding diaryl/α,β-unsaturated/α-hetero) is 1. The Balaban J connectivity index is 1.83. The number of hydrogen-bond acceptors (Lipinski definition) is 5. The highest BCUT2D eigenvalue weighted by atomic mass is 35.5. The van der Waals surface area contributed by atoms with Crippen molar-refractivity contribution in [1.82, 2.24) is 9.88 Å². The van der Waals surface area contributed by atoms with Crippen LogP contribution in [-0.4, -0.2) is 32.8 Å². The van der Waals surface area contributed by atoms with E-state index >= 15 is 0 Å². The number of hydrogen-bond donors (Lipinski definition) is 1. The number of amides is 1. The summed E-state index contributed by atoms with van der Waals surface area (Å²) in [4.78, 5) is 31.9. The van der Waals surface area contributed by atoms with Crippen LogP contribution in [-0.2, 0) is 16.1 Å². The van der Waals surface area contributed by atoms with Gasteiger partial charge in [0.1, 0.15) is 11.5 Å². The lowest BCUT2D eigenvalue weighted by molar-refractivity contribution is -0.140. The highest BCUT2D eigenvalue weighted by Crippen LogP contribution is 2.40. The number of aliphatic hydroxyl groups excluding tert-OH is 1. The van der Waals surface area contributed by atoms with E-state index in [2.05, 4.69) is 4.98 Å². The maximum Gasteiger partial charge on any atom is 0.296 e. The predicted octanol–water partition coefficient (Wildman–Crippen LogP) is 5.14. The molecule has 1 saturated heterocycles. The van der Waals surface area contributed by atoms with Crippen molar-refractivity contribution in [2.45, 2.75) is 32.5 Å². The van der Waals surface area contributed by atoms with Gasteiger partial charge in [0, 0.05) is 16.8 Å². The monoisotopic (exact) mass is 462 g/mol. The summed E-state index contributed by atoms with van der Waals surface area (Å²) in [5, 5.41) is 11.7. The van der Waals surface area contributed by atoms with E-state index in [0.29, 0.717) is 27.6 Å². The lowest BCUT2D eigenvalue weighted by Gasteiger charge is -2.25. The summed E-state index contributed by atoms with van der Waals surface area (Å²) in [5.41, 5.74) is 1.69. The van der Waals surface area contributed by atoms with Crippen LogP contribution in [0.25, 0.3) is 5.76 Å². The second-order valence-electron chi connectivity index (χ2n) is 7.99. The molecule has 33 heavy (non-hydrogen) atoms. The van der Waals surface area contributed by atoms with Gasteiger partial charge in [-0.1, -0.05) is 41.9 Å². The molecule has 3 aromatic rings. The quantitative estimate of drug-likeness (QED) is 0.311. The number of benzene rings is 2. The first-order valence-electron chi connectivity index (χ1n) is 10.6. The summed E-state index contributed by atoms with van der Waals surface area (Å²) in [6, 6.07) is 18.3. The molecular formula is C26H23ClN2O4. The van der Waals surface area contributed by atoms with Crippen LogP contribution < -0.4 is 4.74 Å². The normalized spacial score (nSPS) is 17.6. The Morgan fingerprint density at radius 1 is 1.09 bits per heavy atom. The van der Waals surface area contributed by atoms with Crippen molar-refractivity contribution in [2.75, 3.05) is 0 Å². The van der Waals surface area contributed by atoms with E-state index in [1.54, 1.807) is 66.9 Å². The van der Waals surface area contributed by atoms with Gasteiger partial charge < -0.3 is 14.7 Å². The molecule has 0 saturated carbocycles. The third-order valence-corrected chi connectivity index (χ3v) is 5.52. The first kappa shape index (κ1) is 22.6. The second-order valence-corrected chi connectivity index (χ2v) is 8.43. The van der Waals surface area contributed by atoms with Crippen LogP contribution in [0.1, 0.15) is 36.7 Å². The van der Waals surface area contributed by atoms with Crippen molar-refractivity contribution in [3.63, 3.8) is 0 Å². The number of ether oxygens (including phenoxy) is 1. The number of ketones is 1. The van der Waals surface area contributed by atoms with Crippen molar-refractivity contribution in [3.05, 3.63) is 100 Å². The molecule has 1 fully saturated rings. The minimum Gasteiger partial charge on any atom is -0.507 e. The molecule has 1 atom stereocenters. The average molecular weight is 463 g/mol. The van der Waals surface area contributed by atoms with E-state index in [1.807, 2.05) is 19.9 Å². The van der Waals surface area contributed by atoms with Gasteiger partial charge >= 0.3 is 0 Å². The Kier molecular flexibility index (Phi) is 6.47. The molecule has 7 heteroatoms. The Bertz CT molecular complexity index is 1210. The molecule has 0 aliphatic carbocycles. The first-order valence-corrected chi connectivity index (χ1v) is 10.9. The smallest absolute Gasteiger partial charge is 0.296 e. The molecule has 0 bridgehead atoms. The number of rotatable bonds is 6. The highest BCUT2D eigenvalue weighted by molar-refractivity contribution is 6.46. The van der Waals surface area contributed by atoms with Gasteiger partial charge in [-0.2, -0.15) is 0 Å².